The first kappa shape index (κ1) is 17.6. The number of carbonyl (C=O) groups excluding carboxylic acids is 3. The van der Waals surface area contributed by atoms with Crippen LogP contribution in [-0.4, -0.2) is 24.1 Å². The molecule has 1 heterocycles. The Morgan fingerprint density at radius 1 is 1.19 bits per heavy atom. The summed E-state index contributed by atoms with van der Waals surface area (Å²) in [4.78, 5) is 36.2. The molecule has 1 saturated heterocycles. The molecule has 0 saturated carbocycles. The Hall–Kier alpha value is -3.22. The second-order valence-corrected chi connectivity index (χ2v) is 6.05. The number of nitrogens with two attached hydrogens (primary N) is 1. The van der Waals surface area contributed by atoms with Gasteiger partial charge in [-0.2, -0.15) is 0 Å². The van der Waals surface area contributed by atoms with Crippen LogP contribution in [0.15, 0.2) is 48.5 Å². The lowest BCUT2D eigenvalue weighted by Crippen LogP contribution is -2.32. The zero-order valence-electron chi connectivity index (χ0n) is 13.9. The van der Waals surface area contributed by atoms with Crippen LogP contribution >= 0.6 is 0 Å². The van der Waals surface area contributed by atoms with Crippen LogP contribution in [0.3, 0.4) is 0 Å². The molecule has 3 rings (SSSR count). The van der Waals surface area contributed by atoms with E-state index in [1.54, 1.807) is 36.4 Å². The van der Waals surface area contributed by atoms with Crippen LogP contribution in [-0.2, 0) is 21.0 Å². The van der Waals surface area contributed by atoms with Gasteiger partial charge in [-0.3, -0.25) is 14.4 Å². The van der Waals surface area contributed by atoms with E-state index in [0.717, 1.165) is 0 Å². The number of benzene rings is 2. The first-order valence-corrected chi connectivity index (χ1v) is 8.05. The van der Waals surface area contributed by atoms with E-state index in [4.69, 9.17) is 10.5 Å². The summed E-state index contributed by atoms with van der Waals surface area (Å²) in [5.41, 5.74) is 6.31. The van der Waals surface area contributed by atoms with E-state index >= 15 is 0 Å². The van der Waals surface area contributed by atoms with E-state index in [0.29, 0.717) is 17.0 Å². The molecule has 2 aromatic rings. The SMILES string of the molecule is NC(=O)C(=O)[C@H]1CC(=O)N(c2ccc(OCc3cccc(F)c3)cc2)C1. The summed E-state index contributed by atoms with van der Waals surface area (Å²) in [6, 6.07) is 12.9. The maximum atomic E-state index is 13.1. The number of ether oxygens (including phenoxy) is 1. The quantitative estimate of drug-likeness (QED) is 0.800. The second-order valence-electron chi connectivity index (χ2n) is 6.05. The van der Waals surface area contributed by atoms with Crippen LogP contribution in [0.25, 0.3) is 0 Å². The van der Waals surface area contributed by atoms with Gasteiger partial charge < -0.3 is 15.4 Å². The number of Topliss-reactive ketones (excluding diaryl/α,β-unsaturated/α-hetero) is 1. The van der Waals surface area contributed by atoms with Gasteiger partial charge in [-0.05, 0) is 42.0 Å². The standard InChI is InChI=1S/C19H17FN2O4/c20-14-3-1-2-12(8-14)11-26-16-6-4-15(5-7-16)22-10-13(9-17(22)23)18(24)19(21)25/h1-8,13H,9-11H2,(H2,21,25)/t13-/m0/s1. The molecular weight excluding hydrogens is 339 g/mol. The minimum absolute atomic E-state index is 0.0282. The van der Waals surface area contributed by atoms with Gasteiger partial charge in [-0.15, -0.1) is 0 Å². The van der Waals surface area contributed by atoms with Gasteiger partial charge in [0.25, 0.3) is 5.91 Å². The molecule has 0 spiro atoms. The van der Waals surface area contributed by atoms with Crippen molar-refractivity contribution in [1.82, 2.24) is 0 Å². The van der Waals surface area contributed by atoms with Crippen molar-refractivity contribution in [3.63, 3.8) is 0 Å². The number of halogens is 1. The van der Waals surface area contributed by atoms with E-state index in [-0.39, 0.29) is 31.3 Å². The minimum Gasteiger partial charge on any atom is -0.489 e. The molecule has 0 unspecified atom stereocenters. The third-order valence-electron chi connectivity index (χ3n) is 4.18. The summed E-state index contributed by atoms with van der Waals surface area (Å²) in [6.07, 6.45) is -0.0282. The fourth-order valence-corrected chi connectivity index (χ4v) is 2.85. The lowest BCUT2D eigenvalue weighted by Gasteiger charge is -2.17. The second kappa shape index (κ2) is 7.35. The largest absolute Gasteiger partial charge is 0.489 e. The number of nitrogens with zero attached hydrogens (tertiary/aromatic N) is 1. The Morgan fingerprint density at radius 3 is 2.58 bits per heavy atom. The van der Waals surface area contributed by atoms with Gasteiger partial charge in [0, 0.05) is 18.7 Å². The predicted molar refractivity (Wildman–Crippen MR) is 91.8 cm³/mol. The number of anilines is 1. The van der Waals surface area contributed by atoms with E-state index in [1.165, 1.54) is 17.0 Å². The first-order chi connectivity index (χ1) is 12.4. The topological polar surface area (TPSA) is 89.7 Å². The van der Waals surface area contributed by atoms with Crippen LogP contribution in [0.2, 0.25) is 0 Å². The molecule has 1 aliphatic heterocycles. The van der Waals surface area contributed by atoms with E-state index in [9.17, 15) is 18.8 Å². The monoisotopic (exact) mass is 356 g/mol. The Kier molecular flexibility index (Phi) is 4.97. The molecule has 2 amide bonds. The number of primary amides is 1. The van der Waals surface area contributed by atoms with Crippen molar-refractivity contribution in [1.29, 1.82) is 0 Å². The van der Waals surface area contributed by atoms with Gasteiger partial charge in [0.15, 0.2) is 0 Å². The number of ketones is 1. The summed E-state index contributed by atoms with van der Waals surface area (Å²) in [6.45, 7) is 0.346. The van der Waals surface area contributed by atoms with Gasteiger partial charge in [0.2, 0.25) is 11.7 Å². The highest BCUT2D eigenvalue weighted by molar-refractivity contribution is 6.37. The molecule has 0 radical (unpaired) electrons. The number of carbonyl (C=O) groups is 3. The Bertz CT molecular complexity index is 851. The summed E-state index contributed by atoms with van der Waals surface area (Å²) in [7, 11) is 0. The number of amides is 2. The van der Waals surface area contributed by atoms with Crippen LogP contribution < -0.4 is 15.4 Å². The first-order valence-electron chi connectivity index (χ1n) is 8.05. The number of hydrogen-bond donors (Lipinski definition) is 1. The smallest absolute Gasteiger partial charge is 0.285 e. The highest BCUT2D eigenvalue weighted by atomic mass is 19.1. The molecule has 26 heavy (non-hydrogen) atoms. The van der Waals surface area contributed by atoms with Crippen molar-refractivity contribution in [3.8, 4) is 5.75 Å². The van der Waals surface area contributed by atoms with Crippen LogP contribution in [0.1, 0.15) is 12.0 Å². The minimum atomic E-state index is -1.02. The zero-order valence-corrected chi connectivity index (χ0v) is 13.9. The molecule has 0 bridgehead atoms. The summed E-state index contributed by atoms with van der Waals surface area (Å²) >= 11 is 0. The highest BCUT2D eigenvalue weighted by Gasteiger charge is 2.36. The van der Waals surface area contributed by atoms with Crippen molar-refractivity contribution >= 4 is 23.3 Å². The predicted octanol–water partition coefficient (Wildman–Crippen LogP) is 1.81. The average Bonchev–Trinajstić information content (AvgIpc) is 3.01. The molecule has 1 fully saturated rings. The molecule has 2 aromatic carbocycles. The molecule has 6 nitrogen and oxygen atoms in total. The molecule has 134 valence electrons. The van der Waals surface area contributed by atoms with Gasteiger partial charge >= 0.3 is 0 Å². The fourth-order valence-electron chi connectivity index (χ4n) is 2.85. The molecule has 1 aliphatic rings. The van der Waals surface area contributed by atoms with Gasteiger partial charge in [0.1, 0.15) is 18.2 Å². The maximum absolute atomic E-state index is 13.1. The van der Waals surface area contributed by atoms with Crippen molar-refractivity contribution in [3.05, 3.63) is 59.9 Å². The summed E-state index contributed by atoms with van der Waals surface area (Å²) < 4.78 is 18.7. The normalized spacial score (nSPS) is 16.6. The molecule has 1 atom stereocenters. The van der Waals surface area contributed by atoms with Crippen molar-refractivity contribution < 1.29 is 23.5 Å². The van der Waals surface area contributed by atoms with Crippen molar-refractivity contribution in [2.24, 2.45) is 11.7 Å². The van der Waals surface area contributed by atoms with Gasteiger partial charge in [-0.1, -0.05) is 12.1 Å². The number of hydrogen-bond acceptors (Lipinski definition) is 4. The van der Waals surface area contributed by atoms with E-state index in [1.807, 2.05) is 0 Å². The Morgan fingerprint density at radius 2 is 1.92 bits per heavy atom. The van der Waals surface area contributed by atoms with Crippen molar-refractivity contribution in [2.45, 2.75) is 13.0 Å². The van der Waals surface area contributed by atoms with E-state index < -0.39 is 17.6 Å². The molecule has 0 aliphatic carbocycles. The van der Waals surface area contributed by atoms with Gasteiger partial charge in [0.05, 0.1) is 5.92 Å². The summed E-state index contributed by atoms with van der Waals surface area (Å²) in [5.74, 6) is -2.45. The zero-order chi connectivity index (χ0) is 18.7. The number of rotatable bonds is 6. The average molecular weight is 356 g/mol. The van der Waals surface area contributed by atoms with Crippen LogP contribution in [0, 0.1) is 11.7 Å². The highest BCUT2D eigenvalue weighted by Crippen LogP contribution is 2.27. The lowest BCUT2D eigenvalue weighted by atomic mass is 10.0. The third kappa shape index (κ3) is 3.88. The molecular formula is C19H17FN2O4. The molecule has 7 heteroatoms. The Labute approximate surface area is 149 Å². The van der Waals surface area contributed by atoms with Crippen LogP contribution in [0.4, 0.5) is 10.1 Å². The third-order valence-corrected chi connectivity index (χ3v) is 4.18. The Balaban J connectivity index is 1.63. The van der Waals surface area contributed by atoms with E-state index in [2.05, 4.69) is 0 Å². The van der Waals surface area contributed by atoms with Gasteiger partial charge in [-0.25, -0.2) is 4.39 Å². The molecule has 2 N–H and O–H groups in total. The maximum Gasteiger partial charge on any atom is 0.285 e. The molecule has 0 aromatic heterocycles. The lowest BCUT2D eigenvalue weighted by molar-refractivity contribution is -0.138. The van der Waals surface area contributed by atoms with Crippen molar-refractivity contribution in [2.75, 3.05) is 11.4 Å². The summed E-state index contributed by atoms with van der Waals surface area (Å²) in [5, 5.41) is 0. The van der Waals surface area contributed by atoms with Crippen LogP contribution in [0.5, 0.6) is 5.75 Å². The fraction of sp³-hybridized carbons (Fsp3) is 0.211.